The van der Waals surface area contributed by atoms with Crippen LogP contribution in [0.25, 0.3) is 0 Å². The van der Waals surface area contributed by atoms with E-state index in [1.165, 1.54) is 0 Å². The molecule has 0 atom stereocenters. The van der Waals surface area contributed by atoms with Gasteiger partial charge in [0.2, 0.25) is 0 Å². The van der Waals surface area contributed by atoms with Crippen molar-refractivity contribution in [2.24, 2.45) is 0 Å². The van der Waals surface area contributed by atoms with Gasteiger partial charge in [0.15, 0.2) is 5.69 Å². The number of aromatic nitrogens is 2. The fourth-order valence-corrected chi connectivity index (χ4v) is 2.67. The number of nitrogens with zero attached hydrogens (tertiary/aromatic N) is 2. The number of likely N-dealkylation sites (tertiary alicyclic amines) is 1. The molecule has 1 fully saturated rings. The zero-order valence-corrected chi connectivity index (χ0v) is 11.3. The van der Waals surface area contributed by atoms with E-state index in [2.05, 4.69) is 10.2 Å². The summed E-state index contributed by atoms with van der Waals surface area (Å²) in [5.74, 6) is -3.44. The van der Waals surface area contributed by atoms with Gasteiger partial charge in [-0.05, 0) is 22.6 Å². The van der Waals surface area contributed by atoms with Crippen molar-refractivity contribution in [2.75, 3.05) is 13.1 Å². The van der Waals surface area contributed by atoms with Gasteiger partial charge in [0.25, 0.3) is 0 Å². The molecule has 1 aliphatic heterocycles. The molecule has 1 aromatic rings. The Balaban J connectivity index is 2.05. The van der Waals surface area contributed by atoms with E-state index >= 15 is 0 Å². The molecule has 104 valence electrons. The summed E-state index contributed by atoms with van der Waals surface area (Å²) in [5.41, 5.74) is 0.278. The van der Waals surface area contributed by atoms with Crippen LogP contribution in [0.3, 0.4) is 0 Å². The Morgan fingerprint density at radius 2 is 2.00 bits per heavy atom. The molecule has 1 aliphatic rings. The van der Waals surface area contributed by atoms with E-state index in [0.29, 0.717) is 14.2 Å². The summed E-state index contributed by atoms with van der Waals surface area (Å²) in [5, 5.41) is 14.9. The van der Waals surface area contributed by atoms with Gasteiger partial charge >= 0.3 is 18.1 Å². The molecule has 1 amide bonds. The number of hydrogen-bond acceptors (Lipinski definition) is 3. The van der Waals surface area contributed by atoms with Crippen molar-refractivity contribution >= 4 is 34.5 Å². The van der Waals surface area contributed by atoms with E-state index in [0.717, 1.165) is 0 Å². The van der Waals surface area contributed by atoms with E-state index in [-0.39, 0.29) is 24.7 Å². The largest absolute Gasteiger partial charge is 0.476 e. The first kappa shape index (κ1) is 14.1. The van der Waals surface area contributed by atoms with E-state index < -0.39 is 18.1 Å². The number of carbonyl (C=O) groups is 2. The van der Waals surface area contributed by atoms with Gasteiger partial charge in [0, 0.05) is 19.0 Å². The first-order valence-corrected chi connectivity index (χ1v) is 6.12. The Morgan fingerprint density at radius 3 is 2.42 bits per heavy atom. The second-order valence-electron chi connectivity index (χ2n) is 4.01. The quantitative estimate of drug-likeness (QED) is 0.745. The Labute approximate surface area is 118 Å². The number of nitrogens with one attached hydrogen (secondary N) is 1. The van der Waals surface area contributed by atoms with Crippen LogP contribution in [0.15, 0.2) is 0 Å². The SMILES string of the molecule is O=C(O)c1n[nH]c(C2CN(C(=O)C(F)(F)F)C2)c1I. The van der Waals surface area contributed by atoms with Gasteiger partial charge in [-0.1, -0.05) is 0 Å². The molecule has 10 heteroatoms. The average Bonchev–Trinajstić information content (AvgIpc) is 2.57. The number of carboxylic acid groups (broad SMARTS) is 1. The minimum atomic E-state index is -4.88. The van der Waals surface area contributed by atoms with Crippen molar-refractivity contribution in [1.29, 1.82) is 0 Å². The van der Waals surface area contributed by atoms with Crippen LogP contribution in [-0.2, 0) is 4.79 Å². The monoisotopic (exact) mass is 389 g/mol. The predicted octanol–water partition coefficient (Wildman–Crippen LogP) is 1.20. The van der Waals surface area contributed by atoms with Crippen molar-refractivity contribution in [3.63, 3.8) is 0 Å². The molecule has 0 bridgehead atoms. The zero-order chi connectivity index (χ0) is 14.4. The topological polar surface area (TPSA) is 86.3 Å². The normalized spacial score (nSPS) is 16.3. The molecule has 0 spiro atoms. The van der Waals surface area contributed by atoms with Crippen LogP contribution in [0.2, 0.25) is 0 Å². The minimum Gasteiger partial charge on any atom is -0.476 e. The summed E-state index contributed by atoms with van der Waals surface area (Å²) in [6.45, 7) is -0.203. The Kier molecular flexibility index (Phi) is 3.45. The van der Waals surface area contributed by atoms with E-state index in [1.54, 1.807) is 22.6 Å². The summed E-state index contributed by atoms with van der Waals surface area (Å²) >= 11 is 1.76. The molecular weight excluding hydrogens is 382 g/mol. The highest BCUT2D eigenvalue weighted by Gasteiger charge is 2.47. The fourth-order valence-electron chi connectivity index (χ4n) is 1.76. The molecule has 19 heavy (non-hydrogen) atoms. The summed E-state index contributed by atoms with van der Waals surface area (Å²) in [4.78, 5) is 22.3. The molecule has 1 aromatic heterocycles. The molecule has 0 aliphatic carbocycles. The highest BCUT2D eigenvalue weighted by atomic mass is 127. The highest BCUT2D eigenvalue weighted by molar-refractivity contribution is 14.1. The van der Waals surface area contributed by atoms with Gasteiger partial charge in [-0.15, -0.1) is 0 Å². The molecule has 2 rings (SSSR count). The molecular formula is C9H7F3IN3O3. The second kappa shape index (κ2) is 4.65. The number of carbonyl (C=O) groups excluding carboxylic acids is 1. The van der Waals surface area contributed by atoms with Gasteiger partial charge < -0.3 is 10.0 Å². The van der Waals surface area contributed by atoms with E-state index in [1.807, 2.05) is 0 Å². The molecule has 2 heterocycles. The Hall–Kier alpha value is -1.33. The van der Waals surface area contributed by atoms with Crippen molar-refractivity contribution in [3.05, 3.63) is 15.0 Å². The van der Waals surface area contributed by atoms with Crippen LogP contribution in [0, 0.1) is 3.57 Å². The van der Waals surface area contributed by atoms with Crippen LogP contribution >= 0.6 is 22.6 Å². The Morgan fingerprint density at radius 1 is 1.42 bits per heavy atom. The minimum absolute atomic E-state index is 0.102. The fraction of sp³-hybridized carbons (Fsp3) is 0.444. The number of hydrogen-bond donors (Lipinski definition) is 2. The molecule has 6 nitrogen and oxygen atoms in total. The van der Waals surface area contributed by atoms with E-state index in [9.17, 15) is 22.8 Å². The van der Waals surface area contributed by atoms with Crippen LogP contribution in [0.1, 0.15) is 22.1 Å². The van der Waals surface area contributed by atoms with Crippen LogP contribution in [0.4, 0.5) is 13.2 Å². The summed E-state index contributed by atoms with van der Waals surface area (Å²) in [7, 11) is 0. The maximum absolute atomic E-state index is 12.1. The number of alkyl halides is 3. The van der Waals surface area contributed by atoms with Crippen LogP contribution in [-0.4, -0.2) is 51.3 Å². The first-order chi connectivity index (χ1) is 8.71. The third kappa shape index (κ3) is 2.53. The van der Waals surface area contributed by atoms with Crippen molar-refractivity contribution < 1.29 is 27.9 Å². The number of H-pyrrole nitrogens is 1. The molecule has 0 radical (unpaired) electrons. The smallest absolute Gasteiger partial charge is 0.471 e. The zero-order valence-electron chi connectivity index (χ0n) is 9.16. The number of amides is 1. The van der Waals surface area contributed by atoms with Crippen molar-refractivity contribution in [1.82, 2.24) is 15.1 Å². The molecule has 1 saturated heterocycles. The number of aromatic carboxylic acids is 1. The number of rotatable bonds is 2. The van der Waals surface area contributed by atoms with Gasteiger partial charge in [0.1, 0.15) is 0 Å². The van der Waals surface area contributed by atoms with Crippen LogP contribution in [0.5, 0.6) is 0 Å². The number of aromatic amines is 1. The maximum atomic E-state index is 12.1. The molecule has 0 unspecified atom stereocenters. The maximum Gasteiger partial charge on any atom is 0.471 e. The van der Waals surface area contributed by atoms with Gasteiger partial charge in [-0.2, -0.15) is 18.3 Å². The third-order valence-electron chi connectivity index (χ3n) is 2.75. The number of halogens is 4. The number of carboxylic acids is 1. The lowest BCUT2D eigenvalue weighted by molar-refractivity contribution is -0.189. The summed E-state index contributed by atoms with van der Waals surface area (Å²) in [6.07, 6.45) is -4.88. The Bertz CT molecular complexity index is 537. The summed E-state index contributed by atoms with van der Waals surface area (Å²) < 4.78 is 36.8. The molecule has 0 aromatic carbocycles. The lowest BCUT2D eigenvalue weighted by Gasteiger charge is -2.38. The third-order valence-corrected chi connectivity index (χ3v) is 3.85. The molecule has 0 saturated carbocycles. The molecule has 2 N–H and O–H groups in total. The highest BCUT2D eigenvalue weighted by Crippen LogP contribution is 2.32. The van der Waals surface area contributed by atoms with E-state index in [4.69, 9.17) is 5.11 Å². The van der Waals surface area contributed by atoms with Gasteiger partial charge in [-0.25, -0.2) is 4.79 Å². The van der Waals surface area contributed by atoms with Crippen molar-refractivity contribution in [3.8, 4) is 0 Å². The van der Waals surface area contributed by atoms with Crippen molar-refractivity contribution in [2.45, 2.75) is 12.1 Å². The van der Waals surface area contributed by atoms with Gasteiger partial charge in [0.05, 0.1) is 9.26 Å². The standard InChI is InChI=1S/C9H7F3IN3O3/c10-9(11,12)8(19)16-1-3(2-16)5-4(13)6(7(17)18)15-14-5/h3H,1-2H2,(H,14,15)(H,17,18). The lowest BCUT2D eigenvalue weighted by atomic mass is 9.96. The second-order valence-corrected chi connectivity index (χ2v) is 5.09. The van der Waals surface area contributed by atoms with Crippen LogP contribution < -0.4 is 0 Å². The lowest BCUT2D eigenvalue weighted by Crippen LogP contribution is -2.53. The predicted molar refractivity (Wildman–Crippen MR) is 63.6 cm³/mol. The summed E-state index contributed by atoms with van der Waals surface area (Å²) in [6, 6.07) is 0. The average molecular weight is 389 g/mol. The van der Waals surface area contributed by atoms with Gasteiger partial charge in [-0.3, -0.25) is 9.89 Å². The first-order valence-electron chi connectivity index (χ1n) is 5.05.